The Morgan fingerprint density at radius 2 is 1.56 bits per heavy atom. The third-order valence-corrected chi connectivity index (χ3v) is 6.03. The molecule has 8 nitrogen and oxygen atoms in total. The molecular weight excluding hydrogens is 430 g/mol. The monoisotopic (exact) mass is 453 g/mol. The van der Waals surface area contributed by atoms with Crippen LogP contribution < -0.4 is 15.4 Å². The first kappa shape index (κ1) is 23.0. The minimum absolute atomic E-state index is 0.0222. The number of anilines is 1. The number of phenolic OH excluding ortho intramolecular Hbond substituents is 1. The van der Waals surface area contributed by atoms with E-state index in [1.54, 1.807) is 6.07 Å². The second kappa shape index (κ2) is 10.1. The predicted octanol–water partition coefficient (Wildman–Crippen LogP) is 2.55. The topological polar surface area (TPSA) is 125 Å². The molecule has 0 aliphatic heterocycles. The van der Waals surface area contributed by atoms with Crippen LogP contribution in [0.2, 0.25) is 0 Å². The van der Waals surface area contributed by atoms with Gasteiger partial charge in [0, 0.05) is 12.2 Å². The first-order valence-electron chi connectivity index (χ1n) is 9.76. The molecule has 0 aliphatic carbocycles. The molecule has 32 heavy (non-hydrogen) atoms. The van der Waals surface area contributed by atoms with Crippen LogP contribution in [0.1, 0.15) is 21.5 Å². The van der Waals surface area contributed by atoms with Crippen LogP contribution in [0.3, 0.4) is 0 Å². The molecule has 0 unspecified atom stereocenters. The molecular formula is C23H23N3O5S. The minimum Gasteiger partial charge on any atom is -0.508 e. The predicted molar refractivity (Wildman–Crippen MR) is 121 cm³/mol. The van der Waals surface area contributed by atoms with Crippen LogP contribution in [-0.2, 0) is 21.4 Å². The number of hydrogen-bond acceptors (Lipinski definition) is 5. The molecule has 166 valence electrons. The van der Waals surface area contributed by atoms with Gasteiger partial charge in [-0.15, -0.1) is 0 Å². The lowest BCUT2D eigenvalue weighted by molar-refractivity contribution is -0.115. The van der Waals surface area contributed by atoms with E-state index >= 15 is 0 Å². The summed E-state index contributed by atoms with van der Waals surface area (Å²) in [6.07, 6.45) is 0. The summed E-state index contributed by atoms with van der Waals surface area (Å²) >= 11 is 0. The molecule has 2 amide bonds. The number of carbonyl (C=O) groups is 2. The molecule has 0 heterocycles. The number of nitrogens with one attached hydrogen (secondary N) is 3. The van der Waals surface area contributed by atoms with Crippen molar-refractivity contribution in [2.24, 2.45) is 0 Å². The highest BCUT2D eigenvalue weighted by molar-refractivity contribution is 7.89. The lowest BCUT2D eigenvalue weighted by Gasteiger charge is -2.12. The van der Waals surface area contributed by atoms with Gasteiger partial charge in [-0.25, -0.2) is 13.1 Å². The SMILES string of the molecule is Cc1ccc(CNC(=O)c2ccccc2S(=O)(=O)NCC(=O)Nc2ccc(O)cc2)cc1. The number of phenols is 1. The molecule has 0 atom stereocenters. The number of aromatic hydroxyl groups is 1. The molecule has 0 spiro atoms. The Kier molecular flexibility index (Phi) is 7.24. The quantitative estimate of drug-likeness (QED) is 0.390. The van der Waals surface area contributed by atoms with Gasteiger partial charge in [0.15, 0.2) is 0 Å². The zero-order valence-corrected chi connectivity index (χ0v) is 18.1. The van der Waals surface area contributed by atoms with Crippen molar-refractivity contribution in [3.05, 3.63) is 89.5 Å². The van der Waals surface area contributed by atoms with Crippen molar-refractivity contribution in [3.8, 4) is 5.75 Å². The summed E-state index contributed by atoms with van der Waals surface area (Å²) in [5.41, 5.74) is 2.36. The van der Waals surface area contributed by atoms with Crippen LogP contribution in [0.5, 0.6) is 5.75 Å². The van der Waals surface area contributed by atoms with E-state index in [9.17, 15) is 23.1 Å². The fraction of sp³-hybridized carbons (Fsp3) is 0.130. The van der Waals surface area contributed by atoms with Crippen molar-refractivity contribution in [1.29, 1.82) is 0 Å². The van der Waals surface area contributed by atoms with E-state index in [0.29, 0.717) is 5.69 Å². The number of benzene rings is 3. The van der Waals surface area contributed by atoms with Crippen LogP contribution in [0.15, 0.2) is 77.7 Å². The van der Waals surface area contributed by atoms with Crippen molar-refractivity contribution in [3.63, 3.8) is 0 Å². The van der Waals surface area contributed by atoms with E-state index in [2.05, 4.69) is 15.4 Å². The van der Waals surface area contributed by atoms with Gasteiger partial charge in [-0.05, 0) is 48.9 Å². The first-order valence-corrected chi connectivity index (χ1v) is 11.2. The number of hydrogen-bond donors (Lipinski definition) is 4. The average Bonchev–Trinajstić information content (AvgIpc) is 2.79. The van der Waals surface area contributed by atoms with E-state index in [4.69, 9.17) is 0 Å². The maximum absolute atomic E-state index is 12.8. The summed E-state index contributed by atoms with van der Waals surface area (Å²) in [4.78, 5) is 24.5. The molecule has 0 bridgehead atoms. The largest absolute Gasteiger partial charge is 0.508 e. The van der Waals surface area contributed by atoms with Crippen molar-refractivity contribution < 1.29 is 23.1 Å². The second-order valence-corrected chi connectivity index (χ2v) is 8.82. The maximum Gasteiger partial charge on any atom is 0.252 e. The Bertz CT molecular complexity index is 1210. The Morgan fingerprint density at radius 1 is 0.906 bits per heavy atom. The lowest BCUT2D eigenvalue weighted by Crippen LogP contribution is -2.34. The molecule has 0 fully saturated rings. The average molecular weight is 454 g/mol. The number of sulfonamides is 1. The third-order valence-electron chi connectivity index (χ3n) is 4.57. The van der Waals surface area contributed by atoms with Crippen molar-refractivity contribution in [1.82, 2.24) is 10.0 Å². The smallest absolute Gasteiger partial charge is 0.252 e. The van der Waals surface area contributed by atoms with Gasteiger partial charge < -0.3 is 15.7 Å². The molecule has 3 aromatic rings. The highest BCUT2D eigenvalue weighted by atomic mass is 32.2. The molecule has 0 aliphatic rings. The highest BCUT2D eigenvalue weighted by Crippen LogP contribution is 2.16. The van der Waals surface area contributed by atoms with E-state index in [0.717, 1.165) is 11.1 Å². The zero-order chi connectivity index (χ0) is 23.1. The normalized spacial score (nSPS) is 11.0. The summed E-state index contributed by atoms with van der Waals surface area (Å²) in [6, 6.07) is 19.1. The van der Waals surface area contributed by atoms with E-state index in [1.807, 2.05) is 31.2 Å². The molecule has 4 N–H and O–H groups in total. The Hall–Kier alpha value is -3.69. The Morgan fingerprint density at radius 3 is 2.25 bits per heavy atom. The van der Waals surface area contributed by atoms with Gasteiger partial charge in [-0.3, -0.25) is 9.59 Å². The van der Waals surface area contributed by atoms with Crippen LogP contribution in [0, 0.1) is 6.92 Å². The number of rotatable bonds is 8. The molecule has 0 aromatic heterocycles. The van der Waals surface area contributed by atoms with Crippen molar-refractivity contribution >= 4 is 27.5 Å². The van der Waals surface area contributed by atoms with Crippen LogP contribution in [0.4, 0.5) is 5.69 Å². The van der Waals surface area contributed by atoms with Gasteiger partial charge in [-0.1, -0.05) is 42.0 Å². The molecule has 0 saturated carbocycles. The lowest BCUT2D eigenvalue weighted by atomic mass is 10.1. The highest BCUT2D eigenvalue weighted by Gasteiger charge is 2.22. The summed E-state index contributed by atoms with van der Waals surface area (Å²) in [6.45, 7) is 1.68. The molecule has 0 radical (unpaired) electrons. The minimum atomic E-state index is -4.13. The Labute approximate surface area is 186 Å². The van der Waals surface area contributed by atoms with E-state index in [1.165, 1.54) is 42.5 Å². The van der Waals surface area contributed by atoms with Crippen molar-refractivity contribution in [2.75, 3.05) is 11.9 Å². The first-order chi connectivity index (χ1) is 15.2. The van der Waals surface area contributed by atoms with Crippen molar-refractivity contribution in [2.45, 2.75) is 18.4 Å². The zero-order valence-electron chi connectivity index (χ0n) is 17.3. The molecule has 9 heteroatoms. The molecule has 3 aromatic carbocycles. The summed E-state index contributed by atoms with van der Waals surface area (Å²) in [5, 5.41) is 14.5. The van der Waals surface area contributed by atoms with Gasteiger partial charge in [0.1, 0.15) is 5.75 Å². The second-order valence-electron chi connectivity index (χ2n) is 7.08. The summed E-state index contributed by atoms with van der Waals surface area (Å²) < 4.78 is 27.7. The molecule has 0 saturated heterocycles. The van der Waals surface area contributed by atoms with Gasteiger partial charge >= 0.3 is 0 Å². The Balaban J connectivity index is 1.65. The fourth-order valence-electron chi connectivity index (χ4n) is 2.86. The van der Waals surface area contributed by atoms with Gasteiger partial charge in [0.25, 0.3) is 5.91 Å². The fourth-order valence-corrected chi connectivity index (χ4v) is 4.04. The number of amides is 2. The maximum atomic E-state index is 12.8. The number of carbonyl (C=O) groups excluding carboxylic acids is 2. The third kappa shape index (κ3) is 6.16. The van der Waals surface area contributed by atoms with E-state index in [-0.39, 0.29) is 22.8 Å². The summed E-state index contributed by atoms with van der Waals surface area (Å²) in [7, 11) is -4.13. The molecule has 3 rings (SSSR count). The van der Waals surface area contributed by atoms with Gasteiger partial charge in [0.2, 0.25) is 15.9 Å². The van der Waals surface area contributed by atoms with Crippen LogP contribution >= 0.6 is 0 Å². The van der Waals surface area contributed by atoms with Crippen LogP contribution in [-0.4, -0.2) is 31.9 Å². The standard InChI is InChI=1S/C23H23N3O5S/c1-16-6-8-17(9-7-16)14-24-23(29)20-4-2-3-5-21(20)32(30,31)25-15-22(28)26-18-10-12-19(27)13-11-18/h2-13,25,27H,14-15H2,1H3,(H,24,29)(H,26,28). The van der Waals surface area contributed by atoms with Gasteiger partial charge in [0.05, 0.1) is 17.0 Å². The summed E-state index contributed by atoms with van der Waals surface area (Å²) in [5.74, 6) is -1.10. The number of aryl methyl sites for hydroxylation is 1. The van der Waals surface area contributed by atoms with E-state index < -0.39 is 28.4 Å². The van der Waals surface area contributed by atoms with Gasteiger partial charge in [-0.2, -0.15) is 0 Å². The van der Waals surface area contributed by atoms with Crippen LogP contribution in [0.25, 0.3) is 0 Å².